The lowest BCUT2D eigenvalue weighted by Gasteiger charge is -2.72. The summed E-state index contributed by atoms with van der Waals surface area (Å²) in [4.78, 5) is 75.2. The van der Waals surface area contributed by atoms with Crippen molar-refractivity contribution in [2.75, 3.05) is 140 Å². The van der Waals surface area contributed by atoms with Crippen LogP contribution in [0, 0.1) is 23.2 Å². The van der Waals surface area contributed by atoms with Crippen molar-refractivity contribution >= 4 is 68.3 Å². The van der Waals surface area contributed by atoms with Gasteiger partial charge in [-0.25, -0.2) is 13.1 Å². The Kier molecular flexibility index (Phi) is 25.3. The molecule has 4 amide bonds. The van der Waals surface area contributed by atoms with E-state index in [-0.39, 0.29) is 40.5 Å². The third kappa shape index (κ3) is 19.6. The van der Waals surface area contributed by atoms with E-state index in [1.165, 1.54) is 43.4 Å². The van der Waals surface area contributed by atoms with Crippen molar-refractivity contribution in [3.63, 3.8) is 0 Å². The van der Waals surface area contributed by atoms with E-state index in [0.717, 1.165) is 125 Å². The number of piperidine rings is 2. The SMILES string of the molecule is C=C1CCC(N2C(=O)c3cccc(NCC(=O)CCCCCNCCOCCOCCOCCOC4CCN(CC[C@H](CSc5ccccc5)Nc5ccc(S(=O)(=O)NC(=O)c6ccc(N7CCN(CC8=C(C9%10CC(C)(C9)C%10)CC(C)(C)CC8)CC7)cc6)cc5C)CC4)c3C2=O)C(=O)N1. The van der Waals surface area contributed by atoms with Crippen molar-refractivity contribution in [1.82, 2.24) is 30.1 Å². The molecule has 12 rings (SSSR count). The fourth-order valence-electron chi connectivity index (χ4n) is 15.8. The fraction of sp³-hybridized carbons (Fsp3) is 0.571. The largest absolute Gasteiger partial charge is 0.381 e. The van der Waals surface area contributed by atoms with Gasteiger partial charge in [0.2, 0.25) is 5.91 Å². The lowest BCUT2D eigenvalue weighted by molar-refractivity contribution is -0.167. The minimum absolute atomic E-state index is 0.00920. The second-order valence-electron chi connectivity index (χ2n) is 29.6. The van der Waals surface area contributed by atoms with Crippen LogP contribution in [0.4, 0.5) is 17.1 Å². The van der Waals surface area contributed by atoms with E-state index < -0.39 is 39.7 Å². The average molecular weight is 1400 g/mol. The van der Waals surface area contributed by atoms with Gasteiger partial charge in [0.25, 0.3) is 27.7 Å². The summed E-state index contributed by atoms with van der Waals surface area (Å²) in [5.74, 6) is -1.29. The average Bonchev–Trinajstić information content (AvgIpc) is 1.01. The lowest BCUT2D eigenvalue weighted by Crippen LogP contribution is -2.61. The zero-order valence-corrected chi connectivity index (χ0v) is 60.4. The standard InChI is InChI=1S/C77H105N9O11S2/c1-55-47-64(99(92,93)82-71(88)57-19-21-60(22-20-57)85-38-36-84(37-39-85)50-58-26-30-75(3,4)48-66(58)77-52-76(5,53-77)54-77)23-24-67(55)81-59(51-98-63-14-9-6-10-15-63)27-33-83-34-28-62(29-35-83)97-46-45-96-44-43-95-42-41-94-40-32-78-31-11-7-8-13-61(87)49-79-68-17-12-16-65-70(68)74(91)86(73(65)90)69-25-18-56(2)80-72(69)89/h6,9-10,12,14-17,19-24,47,59,62,69,78-79,81H,2,7-8,11,13,18,25-46,48-54H2,1,3-5H3,(H,80,89)(H,82,88)/t59-,69?,76?,77?/m1/s1. The van der Waals surface area contributed by atoms with Crippen LogP contribution in [-0.4, -0.2) is 195 Å². The number of hydrogen-bond donors (Lipinski definition) is 5. The smallest absolute Gasteiger partial charge is 0.264 e. The van der Waals surface area contributed by atoms with Gasteiger partial charge in [0.1, 0.15) is 6.04 Å². The van der Waals surface area contributed by atoms with Gasteiger partial charge in [0.15, 0.2) is 5.78 Å². The molecule has 4 heterocycles. The number of nitrogens with one attached hydrogen (secondary N) is 5. The second-order valence-corrected chi connectivity index (χ2v) is 32.4. The number of benzene rings is 4. The Balaban J connectivity index is 0.509. The number of carbonyl (C=O) groups is 5. The number of anilines is 3. The molecule has 2 atom stereocenters. The molecule has 8 aliphatic rings. The minimum atomic E-state index is -4.15. The summed E-state index contributed by atoms with van der Waals surface area (Å²) < 4.78 is 53.2. The van der Waals surface area contributed by atoms with Crippen LogP contribution in [0.25, 0.3) is 0 Å². The van der Waals surface area contributed by atoms with Gasteiger partial charge in [0, 0.05) is 110 Å². The molecule has 4 aromatic carbocycles. The molecule has 1 unspecified atom stereocenters. The van der Waals surface area contributed by atoms with Crippen LogP contribution in [0.3, 0.4) is 0 Å². The maximum Gasteiger partial charge on any atom is 0.264 e. The number of thioether (sulfide) groups is 1. The first-order chi connectivity index (χ1) is 47.7. The molecule has 3 saturated heterocycles. The Morgan fingerprint density at radius 1 is 0.747 bits per heavy atom. The number of sulfonamides is 1. The van der Waals surface area contributed by atoms with Gasteiger partial charge in [-0.05, 0) is 185 Å². The molecule has 4 aromatic rings. The zero-order valence-electron chi connectivity index (χ0n) is 58.7. The van der Waals surface area contributed by atoms with E-state index >= 15 is 0 Å². The number of ketones is 1. The Labute approximate surface area is 590 Å². The molecule has 20 nitrogen and oxygen atoms in total. The fourth-order valence-corrected chi connectivity index (χ4v) is 17.8. The summed E-state index contributed by atoms with van der Waals surface area (Å²) in [6, 6.07) is 26.9. The third-order valence-corrected chi connectivity index (χ3v) is 23.6. The van der Waals surface area contributed by atoms with E-state index in [2.05, 4.69) is 92.3 Å². The molecule has 536 valence electrons. The molecule has 22 heteroatoms. The monoisotopic (exact) mass is 1400 g/mol. The number of allylic oxidation sites excluding steroid dienone is 2. The van der Waals surface area contributed by atoms with Crippen LogP contribution in [0.5, 0.6) is 0 Å². The van der Waals surface area contributed by atoms with Gasteiger partial charge < -0.3 is 50.0 Å². The van der Waals surface area contributed by atoms with E-state index in [1.807, 2.05) is 36.8 Å². The number of unbranched alkanes of at least 4 members (excludes halogenated alkanes) is 2. The number of likely N-dealkylation sites (tertiary alicyclic amines) is 1. The molecular weight excluding hydrogens is 1290 g/mol. The molecule has 4 aliphatic heterocycles. The molecule has 4 aliphatic carbocycles. The molecule has 5 N–H and O–H groups in total. The first-order valence-corrected chi connectivity index (χ1v) is 38.6. The van der Waals surface area contributed by atoms with Gasteiger partial charge in [-0.1, -0.05) is 69.2 Å². The summed E-state index contributed by atoms with van der Waals surface area (Å²) in [6.45, 7) is 25.8. The number of imide groups is 1. The van der Waals surface area contributed by atoms with Crippen molar-refractivity contribution in [2.24, 2.45) is 16.2 Å². The van der Waals surface area contributed by atoms with E-state index in [4.69, 9.17) is 18.9 Å². The highest BCUT2D eigenvalue weighted by Gasteiger charge is 2.67. The van der Waals surface area contributed by atoms with Crippen LogP contribution < -0.4 is 30.9 Å². The number of ether oxygens (including phenoxy) is 4. The molecule has 0 spiro atoms. The number of rotatable bonds is 38. The Bertz CT molecular complexity index is 3610. The van der Waals surface area contributed by atoms with Crippen LogP contribution in [0.2, 0.25) is 0 Å². The molecule has 2 bridgehead atoms. The maximum atomic E-state index is 13.7. The number of nitrogens with zero attached hydrogens (tertiary/aromatic N) is 4. The minimum Gasteiger partial charge on any atom is -0.381 e. The first-order valence-electron chi connectivity index (χ1n) is 36.2. The summed E-state index contributed by atoms with van der Waals surface area (Å²) in [6.07, 6.45) is 14.6. The number of amides is 4. The highest BCUT2D eigenvalue weighted by molar-refractivity contribution is 7.99. The van der Waals surface area contributed by atoms with E-state index in [0.29, 0.717) is 105 Å². The molecule has 0 radical (unpaired) electrons. The maximum absolute atomic E-state index is 13.7. The van der Waals surface area contributed by atoms with Crippen molar-refractivity contribution in [1.29, 1.82) is 0 Å². The van der Waals surface area contributed by atoms with Crippen LogP contribution in [0.1, 0.15) is 154 Å². The zero-order chi connectivity index (χ0) is 69.6. The number of fused-ring (bicyclic) bond motifs is 1. The summed E-state index contributed by atoms with van der Waals surface area (Å²) in [5.41, 5.74) is 9.40. The van der Waals surface area contributed by atoms with Gasteiger partial charge >= 0.3 is 0 Å². The second kappa shape index (κ2) is 34.0. The molecular formula is C77H105N9O11S2. The van der Waals surface area contributed by atoms with E-state index in [1.54, 1.807) is 59.8 Å². The first kappa shape index (κ1) is 73.7. The van der Waals surface area contributed by atoms with Crippen molar-refractivity contribution in [3.8, 4) is 0 Å². The molecule has 99 heavy (non-hydrogen) atoms. The van der Waals surface area contributed by atoms with Gasteiger partial charge in [-0.3, -0.25) is 33.8 Å². The van der Waals surface area contributed by atoms with Crippen LogP contribution in [-0.2, 0) is 38.6 Å². The van der Waals surface area contributed by atoms with Crippen LogP contribution in [0.15, 0.2) is 124 Å². The van der Waals surface area contributed by atoms with Crippen molar-refractivity contribution in [2.45, 2.75) is 152 Å². The predicted molar refractivity (Wildman–Crippen MR) is 389 cm³/mol. The Morgan fingerprint density at radius 3 is 2.17 bits per heavy atom. The normalized spacial score (nSPS) is 22.2. The number of piperazine rings is 1. The van der Waals surface area contributed by atoms with Gasteiger partial charge in [0.05, 0.1) is 74.9 Å². The predicted octanol–water partition coefficient (Wildman–Crippen LogP) is 10.6. The number of aryl methyl sites for hydroxylation is 1. The number of Topliss-reactive ketones (excluding diaryl/α,β-unsaturated/α-hetero) is 1. The number of hydrogen-bond acceptors (Lipinski definition) is 18. The van der Waals surface area contributed by atoms with E-state index in [9.17, 15) is 32.4 Å². The van der Waals surface area contributed by atoms with Crippen molar-refractivity contribution in [3.05, 3.63) is 137 Å². The topological polar surface area (TPSA) is 230 Å². The van der Waals surface area contributed by atoms with Gasteiger partial charge in [-0.2, -0.15) is 0 Å². The number of carbonyl (C=O) groups excluding carboxylic acids is 5. The Hall–Kier alpha value is -6.47. The molecule has 6 fully saturated rings. The summed E-state index contributed by atoms with van der Waals surface area (Å²) >= 11 is 1.80. The quantitative estimate of drug-likeness (QED) is 0.0122. The summed E-state index contributed by atoms with van der Waals surface area (Å²) in [7, 11) is -4.15. The third-order valence-electron chi connectivity index (χ3n) is 21.1. The molecule has 0 aromatic heterocycles. The van der Waals surface area contributed by atoms with Crippen LogP contribution >= 0.6 is 11.8 Å². The lowest BCUT2D eigenvalue weighted by atomic mass is 9.33. The highest BCUT2D eigenvalue weighted by Crippen LogP contribution is 2.77. The molecule has 3 saturated carbocycles. The van der Waals surface area contributed by atoms with Crippen molar-refractivity contribution < 1.29 is 51.3 Å². The Morgan fingerprint density at radius 2 is 1.46 bits per heavy atom. The van der Waals surface area contributed by atoms with Gasteiger partial charge in [-0.15, -0.1) is 11.8 Å². The summed E-state index contributed by atoms with van der Waals surface area (Å²) in [5, 5.41) is 12.8. The highest BCUT2D eigenvalue weighted by atomic mass is 32.2.